The Kier molecular flexibility index (Phi) is 7.09. The smallest absolute Gasteiger partial charge is 0.227 e. The largest absolute Gasteiger partial charge is 0.387 e. The monoisotopic (exact) mass is 521 g/mol. The lowest BCUT2D eigenvalue weighted by Gasteiger charge is -2.38. The number of hydrogen-bond donors (Lipinski definition) is 2. The number of rotatable bonds is 5. The van der Waals surface area contributed by atoms with E-state index >= 15 is 0 Å². The molecule has 5 rings (SSSR count). The zero-order valence-electron chi connectivity index (χ0n) is 22.5. The summed E-state index contributed by atoms with van der Waals surface area (Å²) in [6.07, 6.45) is 2.49. The molecule has 9 nitrogen and oxygen atoms in total. The molecule has 1 amide bonds. The SMILES string of the molecule is CC(=O)N1CCN(c2ccc(C(C)C)c3cc(Nc4ccnc(N5CC[C@@](C)(O)[C@@H](F)C5)n4)ncc23)CC1. The van der Waals surface area contributed by atoms with Crippen LogP contribution in [0, 0.1) is 0 Å². The van der Waals surface area contributed by atoms with Gasteiger partial charge in [0.25, 0.3) is 0 Å². The Morgan fingerprint density at radius 3 is 2.53 bits per heavy atom. The maximum absolute atomic E-state index is 14.4. The van der Waals surface area contributed by atoms with E-state index in [4.69, 9.17) is 4.98 Å². The number of aromatic nitrogens is 3. The van der Waals surface area contributed by atoms with Crippen LogP contribution in [0.1, 0.15) is 45.6 Å². The van der Waals surface area contributed by atoms with Gasteiger partial charge in [-0.2, -0.15) is 4.98 Å². The Bertz CT molecular complexity index is 1320. The summed E-state index contributed by atoms with van der Waals surface area (Å²) in [6, 6.07) is 8.17. The second-order valence-electron chi connectivity index (χ2n) is 10.8. The Morgan fingerprint density at radius 1 is 1.08 bits per heavy atom. The maximum Gasteiger partial charge on any atom is 0.227 e. The normalized spacial score (nSPS) is 22.3. The zero-order chi connectivity index (χ0) is 27.0. The number of carbonyl (C=O) groups is 1. The molecule has 2 N–H and O–H groups in total. The lowest BCUT2D eigenvalue weighted by molar-refractivity contribution is -0.129. The lowest BCUT2D eigenvalue weighted by Crippen LogP contribution is -2.52. The molecule has 0 saturated carbocycles. The number of amides is 1. The number of benzene rings is 1. The van der Waals surface area contributed by atoms with Gasteiger partial charge in [-0.15, -0.1) is 0 Å². The van der Waals surface area contributed by atoms with E-state index in [2.05, 4.69) is 52.2 Å². The van der Waals surface area contributed by atoms with Crippen LogP contribution in [0.4, 0.5) is 27.7 Å². The highest BCUT2D eigenvalue weighted by molar-refractivity contribution is 5.97. The van der Waals surface area contributed by atoms with Gasteiger partial charge in [-0.1, -0.05) is 19.9 Å². The summed E-state index contributed by atoms with van der Waals surface area (Å²) in [6.45, 7) is 11.0. The number of piperidine rings is 1. The molecule has 4 heterocycles. The van der Waals surface area contributed by atoms with Crippen molar-refractivity contribution in [2.75, 3.05) is 54.4 Å². The first-order chi connectivity index (χ1) is 18.1. The van der Waals surface area contributed by atoms with Crippen LogP contribution in [0.3, 0.4) is 0 Å². The van der Waals surface area contributed by atoms with Crippen LogP contribution in [0.25, 0.3) is 10.8 Å². The van der Waals surface area contributed by atoms with Gasteiger partial charge in [0.1, 0.15) is 17.8 Å². The first kappa shape index (κ1) is 26.1. The number of nitrogens with zero attached hydrogens (tertiary/aromatic N) is 6. The number of halogens is 1. The first-order valence-corrected chi connectivity index (χ1v) is 13.3. The van der Waals surface area contributed by atoms with Crippen molar-refractivity contribution in [2.24, 2.45) is 0 Å². The summed E-state index contributed by atoms with van der Waals surface area (Å²) in [5.41, 5.74) is 1.03. The highest BCUT2D eigenvalue weighted by Crippen LogP contribution is 2.35. The molecule has 2 atom stereocenters. The van der Waals surface area contributed by atoms with E-state index in [0.717, 1.165) is 29.5 Å². The number of hydrogen-bond acceptors (Lipinski definition) is 8. The lowest BCUT2D eigenvalue weighted by atomic mass is 9.92. The van der Waals surface area contributed by atoms with E-state index in [0.29, 0.717) is 49.6 Å². The van der Waals surface area contributed by atoms with Gasteiger partial charge in [-0.25, -0.2) is 14.4 Å². The van der Waals surface area contributed by atoms with E-state index < -0.39 is 11.8 Å². The molecular weight excluding hydrogens is 485 g/mol. The quantitative estimate of drug-likeness (QED) is 0.523. The average molecular weight is 522 g/mol. The third kappa shape index (κ3) is 5.22. The van der Waals surface area contributed by atoms with Crippen LogP contribution in [0.2, 0.25) is 0 Å². The van der Waals surface area contributed by atoms with E-state index in [1.165, 1.54) is 12.5 Å². The molecule has 0 aliphatic carbocycles. The molecule has 0 bridgehead atoms. The Hall–Kier alpha value is -3.53. The van der Waals surface area contributed by atoms with E-state index in [1.54, 1.807) is 24.1 Å². The van der Waals surface area contributed by atoms with Crippen molar-refractivity contribution in [3.8, 4) is 0 Å². The number of anilines is 4. The number of carbonyl (C=O) groups excluding carboxylic acids is 1. The van der Waals surface area contributed by atoms with Crippen molar-refractivity contribution in [3.05, 3.63) is 42.2 Å². The van der Waals surface area contributed by atoms with Gasteiger partial charge in [0, 0.05) is 63.1 Å². The molecule has 2 aliphatic heterocycles. The summed E-state index contributed by atoms with van der Waals surface area (Å²) in [7, 11) is 0. The van der Waals surface area contributed by atoms with Gasteiger partial charge in [0.2, 0.25) is 11.9 Å². The minimum absolute atomic E-state index is 0.0475. The molecule has 202 valence electrons. The molecule has 0 radical (unpaired) electrons. The van der Waals surface area contributed by atoms with Crippen LogP contribution >= 0.6 is 0 Å². The van der Waals surface area contributed by atoms with Gasteiger partial charge < -0.3 is 25.1 Å². The highest BCUT2D eigenvalue weighted by Gasteiger charge is 2.38. The average Bonchev–Trinajstić information content (AvgIpc) is 2.89. The number of fused-ring (bicyclic) bond motifs is 1. The van der Waals surface area contributed by atoms with E-state index in [-0.39, 0.29) is 12.5 Å². The van der Waals surface area contributed by atoms with Crippen molar-refractivity contribution < 1.29 is 14.3 Å². The van der Waals surface area contributed by atoms with Crippen molar-refractivity contribution in [3.63, 3.8) is 0 Å². The molecule has 2 fully saturated rings. The van der Waals surface area contributed by atoms with Crippen LogP contribution in [-0.4, -0.2) is 81.9 Å². The molecule has 0 spiro atoms. The van der Waals surface area contributed by atoms with Gasteiger partial charge in [-0.05, 0) is 48.4 Å². The van der Waals surface area contributed by atoms with Crippen molar-refractivity contribution in [1.29, 1.82) is 0 Å². The van der Waals surface area contributed by atoms with Crippen LogP contribution in [-0.2, 0) is 4.79 Å². The molecule has 2 aromatic heterocycles. The summed E-state index contributed by atoms with van der Waals surface area (Å²) in [5, 5.41) is 15.7. The van der Waals surface area contributed by atoms with Gasteiger partial charge in [0.15, 0.2) is 0 Å². The molecule has 0 unspecified atom stereocenters. The molecule has 2 aliphatic rings. The zero-order valence-corrected chi connectivity index (χ0v) is 22.5. The molecular formula is C28H36FN7O2. The van der Waals surface area contributed by atoms with E-state index in [1.807, 2.05) is 11.1 Å². The molecule has 10 heteroatoms. The van der Waals surface area contributed by atoms with Crippen LogP contribution in [0.15, 0.2) is 36.7 Å². The third-order valence-corrected chi connectivity index (χ3v) is 7.72. The first-order valence-electron chi connectivity index (χ1n) is 13.3. The Labute approximate surface area is 222 Å². The maximum atomic E-state index is 14.4. The number of aliphatic hydroxyl groups is 1. The standard InChI is InChI=1S/C28H36FN7O2/c1-18(2)20-5-6-23(35-13-11-34(12-14-35)19(3)37)22-16-31-26(15-21(20)22)32-25-7-9-30-27(33-25)36-10-8-28(4,38)24(29)17-36/h5-7,9,15-16,18,24,38H,8,10-14,17H2,1-4H3,(H,30,31,32,33)/t24-,28+/m0/s1. The topological polar surface area (TPSA) is 97.7 Å². The fourth-order valence-corrected chi connectivity index (χ4v) is 5.24. The molecule has 38 heavy (non-hydrogen) atoms. The third-order valence-electron chi connectivity index (χ3n) is 7.72. The predicted octanol–water partition coefficient (Wildman–Crippen LogP) is 3.86. The van der Waals surface area contributed by atoms with Gasteiger partial charge in [0.05, 0.1) is 12.1 Å². The van der Waals surface area contributed by atoms with Crippen molar-refractivity contribution in [1.82, 2.24) is 19.9 Å². The van der Waals surface area contributed by atoms with Crippen LogP contribution < -0.4 is 15.1 Å². The van der Waals surface area contributed by atoms with Gasteiger partial charge in [-0.3, -0.25) is 4.79 Å². The van der Waals surface area contributed by atoms with E-state index in [9.17, 15) is 14.3 Å². The minimum Gasteiger partial charge on any atom is -0.387 e. The summed E-state index contributed by atoms with van der Waals surface area (Å²) in [4.78, 5) is 31.4. The minimum atomic E-state index is -1.37. The highest BCUT2D eigenvalue weighted by atomic mass is 19.1. The second-order valence-corrected chi connectivity index (χ2v) is 10.8. The number of alkyl halides is 1. The predicted molar refractivity (Wildman–Crippen MR) is 148 cm³/mol. The Morgan fingerprint density at radius 2 is 1.84 bits per heavy atom. The van der Waals surface area contributed by atoms with Crippen molar-refractivity contribution >= 4 is 40.0 Å². The summed E-state index contributed by atoms with van der Waals surface area (Å²) in [5.74, 6) is 2.09. The number of piperazine rings is 1. The molecule has 2 saturated heterocycles. The fourth-order valence-electron chi connectivity index (χ4n) is 5.24. The Balaban J connectivity index is 1.40. The summed E-state index contributed by atoms with van der Waals surface area (Å²) >= 11 is 0. The van der Waals surface area contributed by atoms with Crippen molar-refractivity contribution in [2.45, 2.75) is 51.8 Å². The second kappa shape index (κ2) is 10.3. The number of nitrogens with one attached hydrogen (secondary N) is 1. The fraction of sp³-hybridized carbons (Fsp3) is 0.500. The summed E-state index contributed by atoms with van der Waals surface area (Å²) < 4.78 is 14.4. The molecule has 1 aromatic carbocycles. The molecule has 3 aromatic rings. The van der Waals surface area contributed by atoms with Crippen LogP contribution in [0.5, 0.6) is 0 Å². The van der Waals surface area contributed by atoms with Gasteiger partial charge >= 0.3 is 0 Å². The number of pyridine rings is 1.